The fraction of sp³-hybridized carbons (Fsp3) is 0.240. The minimum Gasteiger partial charge on any atom is -0.457 e. The Morgan fingerprint density at radius 2 is 1.63 bits per heavy atom. The van der Waals surface area contributed by atoms with Gasteiger partial charge in [0.25, 0.3) is 0 Å². The van der Waals surface area contributed by atoms with Crippen LogP contribution in [-0.2, 0) is 17.1 Å². The molecule has 180 valence electrons. The third-order valence-corrected chi connectivity index (χ3v) is 6.66. The molecule has 35 heavy (non-hydrogen) atoms. The van der Waals surface area contributed by atoms with Crippen molar-refractivity contribution in [2.75, 3.05) is 11.1 Å². The van der Waals surface area contributed by atoms with E-state index in [1.807, 2.05) is 86.0 Å². The van der Waals surface area contributed by atoms with Crippen LogP contribution in [0.4, 0.5) is 5.69 Å². The Labute approximate surface area is 212 Å². The van der Waals surface area contributed by atoms with E-state index in [1.54, 1.807) is 0 Å². The first-order valence-corrected chi connectivity index (χ1v) is 13.1. The van der Waals surface area contributed by atoms with Gasteiger partial charge in [-0.2, -0.15) is 0 Å². The van der Waals surface area contributed by atoms with Gasteiger partial charge in [-0.1, -0.05) is 41.7 Å². The van der Waals surface area contributed by atoms with Crippen molar-refractivity contribution >= 4 is 35.1 Å². The summed E-state index contributed by atoms with van der Waals surface area (Å²) < 4.78 is 7.80. The van der Waals surface area contributed by atoms with E-state index in [9.17, 15) is 4.79 Å². The quantitative estimate of drug-likeness (QED) is 0.222. The largest absolute Gasteiger partial charge is 0.457 e. The average Bonchev–Trinajstić information content (AvgIpc) is 3.24. The summed E-state index contributed by atoms with van der Waals surface area (Å²) in [4.78, 5) is 21.4. The van der Waals surface area contributed by atoms with Gasteiger partial charge in [-0.05, 0) is 63.2 Å². The Bertz CT molecular complexity index is 1260. The molecule has 2 heterocycles. The molecule has 0 radical (unpaired) electrons. The normalized spacial score (nSPS) is 10.8. The second-order valence-corrected chi connectivity index (χ2v) is 9.53. The number of amides is 1. The summed E-state index contributed by atoms with van der Waals surface area (Å²) >= 11 is 2.89. The van der Waals surface area contributed by atoms with Crippen molar-refractivity contribution < 1.29 is 9.53 Å². The van der Waals surface area contributed by atoms with E-state index in [2.05, 4.69) is 25.5 Å². The molecule has 1 amide bonds. The molecule has 0 aliphatic rings. The maximum atomic E-state index is 12.5. The van der Waals surface area contributed by atoms with E-state index >= 15 is 0 Å². The number of rotatable bonds is 10. The molecule has 0 fully saturated rings. The molecule has 4 rings (SSSR count). The molecule has 0 saturated heterocycles. The van der Waals surface area contributed by atoms with E-state index in [0.29, 0.717) is 28.9 Å². The minimum absolute atomic E-state index is 0.114. The monoisotopic (exact) mass is 506 g/mol. The molecule has 2 aromatic carbocycles. The number of aryl methyl sites for hydroxylation is 2. The maximum Gasteiger partial charge on any atom is 0.234 e. The van der Waals surface area contributed by atoms with Crippen molar-refractivity contribution in [3.8, 4) is 11.5 Å². The third-order valence-electron chi connectivity index (χ3n) is 4.85. The molecular formula is C25H26N6O2S2. The number of thioether (sulfide) groups is 2. The lowest BCUT2D eigenvalue weighted by molar-refractivity contribution is -0.113. The molecule has 1 N–H and O–H groups in total. The summed E-state index contributed by atoms with van der Waals surface area (Å²) in [5, 5.41) is 13.0. The molecule has 0 atom stereocenters. The first-order valence-electron chi connectivity index (χ1n) is 11.1. The molecule has 2 aromatic heterocycles. The van der Waals surface area contributed by atoms with Crippen molar-refractivity contribution in [1.29, 1.82) is 0 Å². The molecule has 0 unspecified atom stereocenters. The summed E-state index contributed by atoms with van der Waals surface area (Å²) in [6.07, 6.45) is 0. The molecule has 0 bridgehead atoms. The Morgan fingerprint density at radius 1 is 0.943 bits per heavy atom. The van der Waals surface area contributed by atoms with E-state index in [4.69, 9.17) is 4.74 Å². The molecule has 10 heteroatoms. The molecule has 0 aliphatic carbocycles. The first kappa shape index (κ1) is 24.7. The summed E-state index contributed by atoms with van der Waals surface area (Å²) in [5.74, 6) is 3.02. The van der Waals surface area contributed by atoms with Crippen molar-refractivity contribution in [2.45, 2.75) is 43.4 Å². The number of carbonyl (C=O) groups is 1. The van der Waals surface area contributed by atoms with E-state index in [1.165, 1.54) is 23.5 Å². The van der Waals surface area contributed by atoms with Crippen LogP contribution in [0.5, 0.6) is 11.5 Å². The molecule has 4 aromatic rings. The number of ether oxygens (including phenoxy) is 1. The van der Waals surface area contributed by atoms with Gasteiger partial charge in [-0.25, -0.2) is 9.97 Å². The van der Waals surface area contributed by atoms with Gasteiger partial charge in [0.15, 0.2) is 10.3 Å². The van der Waals surface area contributed by atoms with Gasteiger partial charge in [0.2, 0.25) is 5.91 Å². The fourth-order valence-corrected chi connectivity index (χ4v) is 5.01. The van der Waals surface area contributed by atoms with Crippen LogP contribution in [0.1, 0.15) is 24.1 Å². The van der Waals surface area contributed by atoms with Crippen LogP contribution in [-0.4, -0.2) is 36.4 Å². The van der Waals surface area contributed by atoms with Gasteiger partial charge < -0.3 is 14.6 Å². The second-order valence-electron chi connectivity index (χ2n) is 7.64. The fourth-order valence-electron chi connectivity index (χ4n) is 3.30. The molecule has 0 saturated carbocycles. The van der Waals surface area contributed by atoms with Crippen molar-refractivity contribution in [1.82, 2.24) is 24.7 Å². The van der Waals surface area contributed by atoms with E-state index in [-0.39, 0.29) is 11.7 Å². The van der Waals surface area contributed by atoms with Crippen LogP contribution < -0.4 is 10.1 Å². The number of hydrogen-bond acceptors (Lipinski definition) is 8. The standard InChI is InChI=1S/C25H26N6O2S2/c1-4-31-22(15-34-24-26-17(2)14-18(3)27-24)29-30-25(31)35-16-23(32)28-19-10-12-21(13-11-19)33-20-8-6-5-7-9-20/h5-14H,4,15-16H2,1-3H3,(H,28,32). The summed E-state index contributed by atoms with van der Waals surface area (Å²) in [7, 11) is 0. The van der Waals surface area contributed by atoms with Gasteiger partial charge in [0, 0.05) is 23.6 Å². The third kappa shape index (κ3) is 7.06. The van der Waals surface area contributed by atoms with Crippen LogP contribution in [0.3, 0.4) is 0 Å². The number of hydrogen-bond donors (Lipinski definition) is 1. The number of para-hydroxylation sites is 1. The lowest BCUT2D eigenvalue weighted by Crippen LogP contribution is -2.14. The average molecular weight is 507 g/mol. The Morgan fingerprint density at radius 3 is 2.31 bits per heavy atom. The highest BCUT2D eigenvalue weighted by atomic mass is 32.2. The first-order chi connectivity index (χ1) is 17.0. The highest BCUT2D eigenvalue weighted by molar-refractivity contribution is 7.99. The maximum absolute atomic E-state index is 12.5. The lowest BCUT2D eigenvalue weighted by Gasteiger charge is -2.09. The summed E-state index contributed by atoms with van der Waals surface area (Å²) in [6.45, 7) is 6.66. The lowest BCUT2D eigenvalue weighted by atomic mass is 10.3. The topological polar surface area (TPSA) is 94.8 Å². The Balaban J connectivity index is 1.29. The Kier molecular flexibility index (Phi) is 8.38. The van der Waals surface area contributed by atoms with Crippen LogP contribution in [0, 0.1) is 13.8 Å². The number of anilines is 1. The summed E-state index contributed by atoms with van der Waals surface area (Å²) in [6, 6.07) is 18.8. The van der Waals surface area contributed by atoms with E-state index < -0.39 is 0 Å². The number of nitrogens with one attached hydrogen (secondary N) is 1. The smallest absolute Gasteiger partial charge is 0.234 e. The van der Waals surface area contributed by atoms with Gasteiger partial charge in [-0.3, -0.25) is 4.79 Å². The van der Waals surface area contributed by atoms with Crippen LogP contribution in [0.25, 0.3) is 0 Å². The second kappa shape index (κ2) is 11.9. The van der Waals surface area contributed by atoms with Gasteiger partial charge in [-0.15, -0.1) is 10.2 Å². The predicted molar refractivity (Wildman–Crippen MR) is 139 cm³/mol. The zero-order valence-corrected chi connectivity index (χ0v) is 21.4. The number of nitrogens with zero attached hydrogens (tertiary/aromatic N) is 5. The van der Waals surface area contributed by atoms with Crippen molar-refractivity contribution in [3.05, 3.63) is 77.9 Å². The van der Waals surface area contributed by atoms with Crippen molar-refractivity contribution in [2.24, 2.45) is 0 Å². The highest BCUT2D eigenvalue weighted by Crippen LogP contribution is 2.25. The van der Waals surface area contributed by atoms with Gasteiger partial charge >= 0.3 is 0 Å². The van der Waals surface area contributed by atoms with E-state index in [0.717, 1.165) is 28.1 Å². The number of benzene rings is 2. The molecular weight excluding hydrogens is 480 g/mol. The SMILES string of the molecule is CCn1c(CSc2nc(C)cc(C)n2)nnc1SCC(=O)Nc1ccc(Oc2ccccc2)cc1. The highest BCUT2D eigenvalue weighted by Gasteiger charge is 2.14. The van der Waals surface area contributed by atoms with Crippen molar-refractivity contribution in [3.63, 3.8) is 0 Å². The Hall–Kier alpha value is -3.37. The zero-order valence-electron chi connectivity index (χ0n) is 19.8. The van der Waals surface area contributed by atoms with Crippen LogP contribution in [0.2, 0.25) is 0 Å². The number of aromatic nitrogens is 5. The predicted octanol–water partition coefficient (Wildman–Crippen LogP) is 5.52. The van der Waals surface area contributed by atoms with Gasteiger partial charge in [0.05, 0.1) is 11.5 Å². The van der Waals surface area contributed by atoms with Gasteiger partial charge in [0.1, 0.15) is 17.3 Å². The van der Waals surface area contributed by atoms with Crippen LogP contribution >= 0.6 is 23.5 Å². The van der Waals surface area contributed by atoms with Crippen LogP contribution in [0.15, 0.2) is 71.0 Å². The number of carbonyl (C=O) groups excluding carboxylic acids is 1. The molecule has 0 spiro atoms. The molecule has 8 nitrogen and oxygen atoms in total. The summed E-state index contributed by atoms with van der Waals surface area (Å²) in [5.41, 5.74) is 2.59. The zero-order chi connectivity index (χ0) is 24.6. The molecule has 0 aliphatic heterocycles. The minimum atomic E-state index is -0.114.